The summed E-state index contributed by atoms with van der Waals surface area (Å²) in [7, 11) is -3.65. The van der Waals surface area contributed by atoms with E-state index in [0.29, 0.717) is 16.8 Å². The topological polar surface area (TPSA) is 104 Å². The van der Waals surface area contributed by atoms with Crippen LogP contribution in [0.25, 0.3) is 0 Å². The molecule has 3 rings (SSSR count). The molecular formula is C20H23N3O4S. The van der Waals surface area contributed by atoms with E-state index < -0.39 is 15.9 Å². The fraction of sp³-hybridized carbons (Fsp3) is 0.300. The van der Waals surface area contributed by atoms with Crippen LogP contribution in [-0.2, 0) is 10.0 Å². The van der Waals surface area contributed by atoms with E-state index in [1.165, 1.54) is 12.1 Å². The van der Waals surface area contributed by atoms with Gasteiger partial charge in [0.25, 0.3) is 11.8 Å². The lowest BCUT2D eigenvalue weighted by Gasteiger charge is -2.11. The van der Waals surface area contributed by atoms with E-state index in [1.807, 2.05) is 0 Å². The normalized spacial score (nSPS) is 13.8. The van der Waals surface area contributed by atoms with Gasteiger partial charge in [-0.2, -0.15) is 0 Å². The molecule has 0 heterocycles. The zero-order chi connectivity index (χ0) is 20.3. The van der Waals surface area contributed by atoms with Crippen molar-refractivity contribution < 1.29 is 18.0 Å². The van der Waals surface area contributed by atoms with Crippen molar-refractivity contribution in [1.82, 2.24) is 10.0 Å². The van der Waals surface area contributed by atoms with E-state index in [9.17, 15) is 18.0 Å². The zero-order valence-electron chi connectivity index (χ0n) is 15.8. The summed E-state index contributed by atoms with van der Waals surface area (Å²) in [6.07, 6.45) is 2.03. The highest BCUT2D eigenvalue weighted by atomic mass is 32.2. The number of hydrogen-bond acceptors (Lipinski definition) is 4. The lowest BCUT2D eigenvalue weighted by atomic mass is 10.1. The molecule has 148 valence electrons. The summed E-state index contributed by atoms with van der Waals surface area (Å²) < 4.78 is 26.8. The van der Waals surface area contributed by atoms with Crippen molar-refractivity contribution in [1.29, 1.82) is 0 Å². The van der Waals surface area contributed by atoms with E-state index >= 15 is 0 Å². The average Bonchev–Trinajstić information content (AvgIpc) is 3.46. The van der Waals surface area contributed by atoms with Crippen LogP contribution in [0.5, 0.6) is 0 Å². The minimum absolute atomic E-state index is 0.0391. The Labute approximate surface area is 164 Å². The summed E-state index contributed by atoms with van der Waals surface area (Å²) in [5.74, 6) is -0.543. The smallest absolute Gasteiger partial charge is 0.255 e. The summed E-state index contributed by atoms with van der Waals surface area (Å²) in [6.45, 7) is 3.69. The molecular weight excluding hydrogens is 378 g/mol. The van der Waals surface area contributed by atoms with Gasteiger partial charge >= 0.3 is 0 Å². The Kier molecular flexibility index (Phi) is 5.81. The van der Waals surface area contributed by atoms with Crippen molar-refractivity contribution in [2.45, 2.75) is 37.6 Å². The predicted molar refractivity (Wildman–Crippen MR) is 107 cm³/mol. The number of carbonyl (C=O) groups excluding carboxylic acids is 2. The van der Waals surface area contributed by atoms with Crippen molar-refractivity contribution in [3.8, 4) is 0 Å². The third-order valence-electron chi connectivity index (χ3n) is 4.42. The highest BCUT2D eigenvalue weighted by Gasteiger charge is 2.23. The van der Waals surface area contributed by atoms with Crippen molar-refractivity contribution in [3.05, 3.63) is 59.2 Å². The van der Waals surface area contributed by atoms with Gasteiger partial charge in [0.05, 0.1) is 4.90 Å². The van der Waals surface area contributed by atoms with Gasteiger partial charge in [0.2, 0.25) is 10.0 Å². The third-order valence-corrected chi connectivity index (χ3v) is 5.96. The monoisotopic (exact) mass is 401 g/mol. The molecule has 0 bridgehead atoms. The third kappa shape index (κ3) is 4.76. The molecule has 1 fully saturated rings. The van der Waals surface area contributed by atoms with E-state index in [-0.39, 0.29) is 29.0 Å². The molecule has 2 aromatic carbocycles. The Balaban J connectivity index is 1.74. The molecule has 7 nitrogen and oxygen atoms in total. The quantitative estimate of drug-likeness (QED) is 0.663. The van der Waals surface area contributed by atoms with Crippen LogP contribution in [0, 0.1) is 6.92 Å². The molecule has 2 amide bonds. The highest BCUT2D eigenvalue weighted by Crippen LogP contribution is 2.20. The number of benzene rings is 2. The van der Waals surface area contributed by atoms with Crippen LogP contribution in [0.3, 0.4) is 0 Å². The van der Waals surface area contributed by atoms with Gasteiger partial charge < -0.3 is 10.6 Å². The second-order valence-electron chi connectivity index (χ2n) is 6.76. The minimum Gasteiger partial charge on any atom is -0.349 e. The van der Waals surface area contributed by atoms with Crippen LogP contribution in [0.1, 0.15) is 46.0 Å². The summed E-state index contributed by atoms with van der Waals surface area (Å²) in [5.41, 5.74) is 1.98. The van der Waals surface area contributed by atoms with E-state index in [4.69, 9.17) is 0 Å². The Morgan fingerprint density at radius 2 is 1.71 bits per heavy atom. The van der Waals surface area contributed by atoms with Gasteiger partial charge in [-0.3, -0.25) is 9.59 Å². The molecule has 0 aromatic heterocycles. The maximum Gasteiger partial charge on any atom is 0.255 e. The number of anilines is 1. The number of nitrogens with one attached hydrogen (secondary N) is 3. The van der Waals surface area contributed by atoms with Crippen LogP contribution >= 0.6 is 0 Å². The Morgan fingerprint density at radius 3 is 2.32 bits per heavy atom. The highest BCUT2D eigenvalue weighted by molar-refractivity contribution is 7.89. The summed E-state index contributed by atoms with van der Waals surface area (Å²) in [5, 5.41) is 5.65. The van der Waals surface area contributed by atoms with Crippen LogP contribution < -0.4 is 15.4 Å². The summed E-state index contributed by atoms with van der Waals surface area (Å²) in [6, 6.07) is 11.3. The second kappa shape index (κ2) is 8.12. The van der Waals surface area contributed by atoms with E-state index in [2.05, 4.69) is 15.4 Å². The number of aryl methyl sites for hydroxylation is 1. The van der Waals surface area contributed by atoms with Gasteiger partial charge in [0.15, 0.2) is 0 Å². The van der Waals surface area contributed by atoms with Crippen molar-refractivity contribution in [2.24, 2.45) is 0 Å². The minimum atomic E-state index is -3.65. The summed E-state index contributed by atoms with van der Waals surface area (Å²) in [4.78, 5) is 24.7. The van der Waals surface area contributed by atoms with Crippen LogP contribution in [-0.4, -0.2) is 32.8 Å². The van der Waals surface area contributed by atoms with Gasteiger partial charge in [-0.15, -0.1) is 0 Å². The molecule has 0 unspecified atom stereocenters. The predicted octanol–water partition coefficient (Wildman–Crippen LogP) is 2.44. The van der Waals surface area contributed by atoms with Crippen LogP contribution in [0.15, 0.2) is 47.4 Å². The summed E-state index contributed by atoms with van der Waals surface area (Å²) >= 11 is 0. The molecule has 0 spiro atoms. The molecule has 0 aliphatic heterocycles. The molecule has 0 saturated heterocycles. The maximum absolute atomic E-state index is 12.6. The van der Waals surface area contributed by atoms with Gasteiger partial charge in [-0.05, 0) is 61.7 Å². The number of hydrogen-bond donors (Lipinski definition) is 3. The van der Waals surface area contributed by atoms with Gasteiger partial charge in [0, 0.05) is 29.4 Å². The largest absolute Gasteiger partial charge is 0.349 e. The van der Waals surface area contributed by atoms with Crippen molar-refractivity contribution in [3.63, 3.8) is 0 Å². The molecule has 0 atom stereocenters. The number of rotatable bonds is 7. The first kappa shape index (κ1) is 20.0. The molecule has 2 aromatic rings. The lowest BCUT2D eigenvalue weighted by molar-refractivity contribution is 0.0950. The van der Waals surface area contributed by atoms with Gasteiger partial charge in [-0.1, -0.05) is 13.0 Å². The van der Waals surface area contributed by atoms with Gasteiger partial charge in [-0.25, -0.2) is 13.1 Å². The molecule has 3 N–H and O–H groups in total. The average molecular weight is 401 g/mol. The van der Waals surface area contributed by atoms with E-state index in [0.717, 1.165) is 12.8 Å². The lowest BCUT2D eigenvalue weighted by Crippen LogP contribution is -2.25. The molecule has 28 heavy (non-hydrogen) atoms. The molecule has 1 aliphatic carbocycles. The van der Waals surface area contributed by atoms with Gasteiger partial charge in [0.1, 0.15) is 0 Å². The Hall–Kier alpha value is -2.71. The second-order valence-corrected chi connectivity index (χ2v) is 8.52. The molecule has 0 radical (unpaired) electrons. The molecule has 8 heteroatoms. The maximum atomic E-state index is 12.6. The standard InChI is InChI=1S/C20H23N3O4S/c1-3-21-28(26,27)17-11-4-13(2)18(12-17)20(25)23-15-7-5-14(6-8-15)19(24)22-16-9-10-16/h4-8,11-12,16,21H,3,9-10H2,1-2H3,(H,22,24)(H,23,25). The Morgan fingerprint density at radius 1 is 1.04 bits per heavy atom. The SMILES string of the molecule is CCNS(=O)(=O)c1ccc(C)c(C(=O)Nc2ccc(C(=O)NC3CC3)cc2)c1. The Bertz CT molecular complexity index is 997. The number of carbonyl (C=O) groups is 2. The fourth-order valence-electron chi connectivity index (χ4n) is 2.69. The van der Waals surface area contributed by atoms with Crippen molar-refractivity contribution in [2.75, 3.05) is 11.9 Å². The fourth-order valence-corrected chi connectivity index (χ4v) is 3.75. The number of sulfonamides is 1. The van der Waals surface area contributed by atoms with Crippen LogP contribution in [0.2, 0.25) is 0 Å². The van der Waals surface area contributed by atoms with E-state index in [1.54, 1.807) is 44.2 Å². The zero-order valence-corrected chi connectivity index (χ0v) is 16.6. The molecule has 1 saturated carbocycles. The first-order valence-corrected chi connectivity index (χ1v) is 10.6. The first-order chi connectivity index (χ1) is 13.3. The van der Waals surface area contributed by atoms with Crippen molar-refractivity contribution >= 4 is 27.5 Å². The van der Waals surface area contributed by atoms with Crippen LogP contribution in [0.4, 0.5) is 5.69 Å². The first-order valence-electron chi connectivity index (χ1n) is 9.13. The number of amides is 2. The molecule has 1 aliphatic rings.